The second-order valence-corrected chi connectivity index (χ2v) is 8.86. The Balaban J connectivity index is 1.70. The average Bonchev–Trinajstić information content (AvgIpc) is 3.14. The zero-order chi connectivity index (χ0) is 22.2. The monoisotopic (exact) mass is 427 g/mol. The first kappa shape index (κ1) is 25.4. The van der Waals surface area contributed by atoms with E-state index in [-0.39, 0.29) is 5.91 Å². The summed E-state index contributed by atoms with van der Waals surface area (Å²) in [5, 5.41) is 2.97. The summed E-state index contributed by atoms with van der Waals surface area (Å²) in [5.41, 5.74) is 2.41. The van der Waals surface area contributed by atoms with Crippen LogP contribution in [0.5, 0.6) is 0 Å². The summed E-state index contributed by atoms with van der Waals surface area (Å²) < 4.78 is 2.46. The lowest BCUT2D eigenvalue weighted by molar-refractivity contribution is -0.120. The summed E-state index contributed by atoms with van der Waals surface area (Å²) >= 11 is 0. The lowest BCUT2D eigenvalue weighted by Crippen LogP contribution is -2.23. The van der Waals surface area contributed by atoms with Crippen molar-refractivity contribution in [2.75, 3.05) is 6.54 Å². The summed E-state index contributed by atoms with van der Waals surface area (Å²) in [6, 6.07) is 8.55. The van der Waals surface area contributed by atoms with Crippen molar-refractivity contribution >= 4 is 16.9 Å². The van der Waals surface area contributed by atoms with Gasteiger partial charge in [-0.3, -0.25) is 4.79 Å². The smallest absolute Gasteiger partial charge is 0.219 e. The van der Waals surface area contributed by atoms with Crippen LogP contribution in [-0.2, 0) is 17.8 Å². The number of nitrogens with one attached hydrogen (secondary N) is 1. The molecule has 174 valence electrons. The highest BCUT2D eigenvalue weighted by Gasteiger charge is 2.10. The van der Waals surface area contributed by atoms with Gasteiger partial charge < -0.3 is 9.88 Å². The molecule has 1 aromatic carbocycles. The number of para-hydroxylation sites is 2. The fourth-order valence-corrected chi connectivity index (χ4v) is 4.26. The molecule has 0 unspecified atom stereocenters. The van der Waals surface area contributed by atoms with Crippen LogP contribution in [0.1, 0.15) is 110 Å². The molecule has 1 N–H and O–H groups in total. The maximum Gasteiger partial charge on any atom is 0.219 e. The van der Waals surface area contributed by atoms with Crippen molar-refractivity contribution in [2.45, 2.75) is 117 Å². The molecule has 0 spiro atoms. The zero-order valence-corrected chi connectivity index (χ0v) is 20.1. The number of hydrogen-bond acceptors (Lipinski definition) is 2. The van der Waals surface area contributed by atoms with Crippen LogP contribution >= 0.6 is 0 Å². The lowest BCUT2D eigenvalue weighted by atomic mass is 10.1. The summed E-state index contributed by atoms with van der Waals surface area (Å²) in [5.74, 6) is 1.38. The first-order valence-electron chi connectivity index (χ1n) is 13.0. The van der Waals surface area contributed by atoms with Crippen LogP contribution in [0.2, 0.25) is 0 Å². The Labute approximate surface area is 190 Å². The number of carbonyl (C=O) groups excluding carboxylic acids is 1. The van der Waals surface area contributed by atoms with Crippen molar-refractivity contribution in [1.29, 1.82) is 0 Å². The van der Waals surface area contributed by atoms with Gasteiger partial charge >= 0.3 is 0 Å². The van der Waals surface area contributed by atoms with Gasteiger partial charge in [0.2, 0.25) is 5.91 Å². The second kappa shape index (κ2) is 15.9. The highest BCUT2D eigenvalue weighted by Crippen LogP contribution is 2.19. The molecule has 0 fully saturated rings. The van der Waals surface area contributed by atoms with Gasteiger partial charge in [0.05, 0.1) is 11.0 Å². The molecular weight excluding hydrogens is 382 g/mol. The first-order chi connectivity index (χ1) is 15.3. The van der Waals surface area contributed by atoms with Crippen LogP contribution < -0.4 is 5.32 Å². The molecule has 0 aliphatic rings. The third-order valence-corrected chi connectivity index (χ3v) is 6.19. The first-order valence-corrected chi connectivity index (χ1v) is 13.0. The number of nitrogens with zero attached hydrogens (tertiary/aromatic N) is 2. The molecule has 0 aliphatic carbocycles. The zero-order valence-electron chi connectivity index (χ0n) is 20.1. The van der Waals surface area contributed by atoms with E-state index in [1.54, 1.807) is 0 Å². The van der Waals surface area contributed by atoms with Gasteiger partial charge in [0.1, 0.15) is 5.82 Å². The molecule has 4 nitrogen and oxygen atoms in total. The maximum atomic E-state index is 11.3. The largest absolute Gasteiger partial charge is 0.356 e. The molecule has 31 heavy (non-hydrogen) atoms. The van der Waals surface area contributed by atoms with Gasteiger partial charge in [-0.25, -0.2) is 4.98 Å². The van der Waals surface area contributed by atoms with Crippen molar-refractivity contribution in [2.24, 2.45) is 0 Å². The molecule has 0 bridgehead atoms. The van der Waals surface area contributed by atoms with E-state index in [1.807, 2.05) is 6.92 Å². The number of hydrogen-bond donors (Lipinski definition) is 1. The van der Waals surface area contributed by atoms with Gasteiger partial charge in [0, 0.05) is 25.9 Å². The minimum Gasteiger partial charge on any atom is -0.356 e. The summed E-state index contributed by atoms with van der Waals surface area (Å²) in [6.07, 6.45) is 18.6. The van der Waals surface area contributed by atoms with Crippen LogP contribution in [0, 0.1) is 0 Å². The van der Waals surface area contributed by atoms with Crippen LogP contribution in [0.3, 0.4) is 0 Å². The fraction of sp³-hybridized carbons (Fsp3) is 0.704. The van der Waals surface area contributed by atoms with Crippen LogP contribution in [-0.4, -0.2) is 22.0 Å². The Bertz CT molecular complexity index is 737. The predicted molar refractivity (Wildman–Crippen MR) is 132 cm³/mol. The van der Waals surface area contributed by atoms with Gasteiger partial charge in [0.15, 0.2) is 0 Å². The number of amides is 1. The minimum absolute atomic E-state index is 0.151. The van der Waals surface area contributed by atoms with Crippen molar-refractivity contribution in [3.63, 3.8) is 0 Å². The van der Waals surface area contributed by atoms with Crippen molar-refractivity contribution in [3.8, 4) is 0 Å². The number of fused-ring (bicyclic) bond motifs is 1. The van der Waals surface area contributed by atoms with E-state index in [0.29, 0.717) is 6.42 Å². The van der Waals surface area contributed by atoms with E-state index in [4.69, 9.17) is 4.98 Å². The predicted octanol–water partition coefficient (Wildman–Crippen LogP) is 7.20. The minimum atomic E-state index is 0.151. The Hall–Kier alpha value is -1.84. The summed E-state index contributed by atoms with van der Waals surface area (Å²) in [6.45, 7) is 6.05. The van der Waals surface area contributed by atoms with E-state index in [0.717, 1.165) is 44.3 Å². The summed E-state index contributed by atoms with van der Waals surface area (Å²) in [4.78, 5) is 16.3. The molecule has 1 heterocycles. The van der Waals surface area contributed by atoms with Gasteiger partial charge in [-0.1, -0.05) is 90.2 Å². The van der Waals surface area contributed by atoms with E-state index < -0.39 is 0 Å². The molecule has 0 atom stereocenters. The molecular formula is C27H45N3O. The number of aryl methyl sites for hydroxylation is 2. The molecule has 1 aromatic heterocycles. The standard InChI is InChI=1S/C27H45N3O/c1-3-5-6-7-8-9-10-11-12-18-23-30-25-20-16-15-19-24(25)29-26(30)21-14-13-17-22-28-27(31)4-2/h15-16,19-20H,3-14,17-18,21-23H2,1-2H3,(H,28,31). The maximum absolute atomic E-state index is 11.3. The number of imidazole rings is 1. The SMILES string of the molecule is CCCCCCCCCCCCn1c(CCCCCNC(=O)CC)nc2ccccc21. The highest BCUT2D eigenvalue weighted by atomic mass is 16.1. The van der Waals surface area contributed by atoms with Crippen molar-refractivity contribution < 1.29 is 4.79 Å². The van der Waals surface area contributed by atoms with Gasteiger partial charge in [-0.2, -0.15) is 0 Å². The quantitative estimate of drug-likeness (QED) is 0.256. The van der Waals surface area contributed by atoms with E-state index in [2.05, 4.69) is 41.1 Å². The normalized spacial score (nSPS) is 11.3. The molecule has 0 saturated heterocycles. The van der Waals surface area contributed by atoms with Gasteiger partial charge in [0.25, 0.3) is 0 Å². The van der Waals surface area contributed by atoms with Crippen molar-refractivity contribution in [3.05, 3.63) is 30.1 Å². The molecule has 2 rings (SSSR count). The van der Waals surface area contributed by atoms with E-state index in [1.165, 1.54) is 75.5 Å². The van der Waals surface area contributed by atoms with E-state index >= 15 is 0 Å². The van der Waals surface area contributed by atoms with Gasteiger partial charge in [-0.05, 0) is 31.4 Å². The lowest BCUT2D eigenvalue weighted by Gasteiger charge is -2.10. The van der Waals surface area contributed by atoms with Gasteiger partial charge in [-0.15, -0.1) is 0 Å². The number of aromatic nitrogens is 2. The van der Waals surface area contributed by atoms with Crippen LogP contribution in [0.25, 0.3) is 11.0 Å². The average molecular weight is 428 g/mol. The molecule has 0 radical (unpaired) electrons. The molecule has 4 heteroatoms. The van der Waals surface area contributed by atoms with Crippen LogP contribution in [0.15, 0.2) is 24.3 Å². The van der Waals surface area contributed by atoms with E-state index in [9.17, 15) is 4.79 Å². The molecule has 2 aromatic rings. The Morgan fingerprint density at radius 3 is 2.19 bits per heavy atom. The molecule has 1 amide bonds. The highest BCUT2D eigenvalue weighted by molar-refractivity contribution is 5.76. The number of carbonyl (C=O) groups is 1. The Morgan fingerprint density at radius 1 is 0.839 bits per heavy atom. The van der Waals surface area contributed by atoms with Crippen LogP contribution in [0.4, 0.5) is 0 Å². The summed E-state index contributed by atoms with van der Waals surface area (Å²) in [7, 11) is 0. The Morgan fingerprint density at radius 2 is 1.48 bits per heavy atom. The topological polar surface area (TPSA) is 46.9 Å². The third-order valence-electron chi connectivity index (χ3n) is 6.19. The fourth-order valence-electron chi connectivity index (χ4n) is 4.26. The second-order valence-electron chi connectivity index (χ2n) is 8.86. The van der Waals surface area contributed by atoms with Crippen molar-refractivity contribution in [1.82, 2.24) is 14.9 Å². The number of benzene rings is 1. The number of unbranched alkanes of at least 4 members (excludes halogenated alkanes) is 11. The Kier molecular flexibility index (Phi) is 13.0. The number of rotatable bonds is 18. The third kappa shape index (κ3) is 9.88. The molecule has 0 aliphatic heterocycles. The molecule has 0 saturated carbocycles.